The van der Waals surface area contributed by atoms with E-state index in [0.29, 0.717) is 29.3 Å². The van der Waals surface area contributed by atoms with Gasteiger partial charge in [0.15, 0.2) is 23.0 Å². The van der Waals surface area contributed by atoms with Crippen molar-refractivity contribution >= 4 is 23.1 Å². The molecule has 1 aliphatic rings. The van der Waals surface area contributed by atoms with Gasteiger partial charge in [-0.05, 0) is 42.8 Å². The predicted molar refractivity (Wildman–Crippen MR) is 146 cm³/mol. The fourth-order valence-electron chi connectivity index (χ4n) is 4.75. The number of nitrogens with zero attached hydrogens (tertiary/aromatic N) is 5. The molecule has 2 aromatic carbocycles. The van der Waals surface area contributed by atoms with E-state index in [9.17, 15) is 13.6 Å². The minimum atomic E-state index is -1.06. The minimum Gasteiger partial charge on any atom is -0.494 e. The molecule has 0 saturated carbocycles. The summed E-state index contributed by atoms with van der Waals surface area (Å²) in [5.74, 6) is -1.84. The summed E-state index contributed by atoms with van der Waals surface area (Å²) < 4.78 is 35.6. The second-order valence-corrected chi connectivity index (χ2v) is 9.53. The van der Waals surface area contributed by atoms with Crippen LogP contribution < -0.4 is 15.4 Å². The Kier molecular flexibility index (Phi) is 7.71. The lowest BCUT2D eigenvalue weighted by atomic mass is 10.1. The van der Waals surface area contributed by atoms with E-state index in [0.717, 1.165) is 44.0 Å². The molecule has 0 radical (unpaired) electrons. The fraction of sp³-hybridized carbons (Fsp3) is 0.321. The summed E-state index contributed by atoms with van der Waals surface area (Å²) in [7, 11) is 3.11. The number of aromatic nitrogens is 3. The number of methoxy groups -OCH3 is 1. The molecule has 11 heteroatoms. The number of likely N-dealkylation sites (N-methyl/N-ethyl adjacent to an activating group) is 1. The molecular weight excluding hydrogens is 504 g/mol. The van der Waals surface area contributed by atoms with Gasteiger partial charge in [0.1, 0.15) is 0 Å². The number of nitrogens with one attached hydrogen (secondary N) is 2. The van der Waals surface area contributed by atoms with Crippen molar-refractivity contribution in [2.75, 3.05) is 58.7 Å². The van der Waals surface area contributed by atoms with Crippen molar-refractivity contribution in [1.82, 2.24) is 29.5 Å². The zero-order valence-corrected chi connectivity index (χ0v) is 22.2. The highest BCUT2D eigenvalue weighted by Gasteiger charge is 2.20. The number of amides is 1. The molecule has 5 rings (SSSR count). The van der Waals surface area contributed by atoms with Crippen molar-refractivity contribution in [3.05, 3.63) is 71.7 Å². The van der Waals surface area contributed by atoms with Crippen LogP contribution in [-0.2, 0) is 0 Å². The molecule has 0 bridgehead atoms. The summed E-state index contributed by atoms with van der Waals surface area (Å²) in [6.45, 7) is 7.34. The highest BCUT2D eigenvalue weighted by atomic mass is 19.2. The summed E-state index contributed by atoms with van der Waals surface area (Å²) in [5, 5.41) is 6.58. The summed E-state index contributed by atoms with van der Waals surface area (Å²) in [6, 6.07) is 8.33. The molecule has 0 aliphatic carbocycles. The molecule has 1 aliphatic heterocycles. The Balaban J connectivity index is 1.33. The minimum absolute atomic E-state index is 0.0268. The topological polar surface area (TPSA) is 87.0 Å². The Morgan fingerprint density at radius 1 is 1.15 bits per heavy atom. The second kappa shape index (κ2) is 11.3. The van der Waals surface area contributed by atoms with Crippen LogP contribution in [-0.4, -0.2) is 83.5 Å². The molecule has 204 valence electrons. The standard InChI is InChI=1S/C28H31F2N7O2/c1-18-16-19(4-5-20(18)28(38)35(2)14-15-36-11-8-31-9-12-36)34-26-27-33-17-22(37(27)13-10-32-26)21-6-7-23(39-3)25(30)24(21)29/h4-7,10,13,16-17,31H,8-9,11-12,14-15H2,1-3H3,(H,32,34). The summed E-state index contributed by atoms with van der Waals surface area (Å²) in [6.07, 6.45) is 4.65. The zero-order chi connectivity index (χ0) is 27.5. The Labute approximate surface area is 225 Å². The molecule has 39 heavy (non-hydrogen) atoms. The van der Waals surface area contributed by atoms with Gasteiger partial charge in [0.25, 0.3) is 5.91 Å². The first kappa shape index (κ1) is 26.5. The number of carbonyl (C=O) groups is 1. The van der Waals surface area contributed by atoms with E-state index in [-0.39, 0.29) is 17.2 Å². The third-order valence-electron chi connectivity index (χ3n) is 7.00. The zero-order valence-electron chi connectivity index (χ0n) is 22.2. The van der Waals surface area contributed by atoms with Crippen molar-refractivity contribution in [2.24, 2.45) is 0 Å². The van der Waals surface area contributed by atoms with E-state index in [1.165, 1.54) is 25.4 Å². The van der Waals surface area contributed by atoms with Crippen LogP contribution in [0, 0.1) is 18.6 Å². The molecule has 1 saturated heterocycles. The van der Waals surface area contributed by atoms with E-state index in [1.54, 1.807) is 27.8 Å². The molecule has 1 amide bonds. The first-order chi connectivity index (χ1) is 18.9. The lowest BCUT2D eigenvalue weighted by Crippen LogP contribution is -2.46. The number of imidazole rings is 1. The van der Waals surface area contributed by atoms with Gasteiger partial charge in [0.05, 0.1) is 19.0 Å². The van der Waals surface area contributed by atoms with Crippen LogP contribution in [0.4, 0.5) is 20.3 Å². The quantitative estimate of drug-likeness (QED) is 0.356. The number of halogens is 2. The number of hydrogen-bond acceptors (Lipinski definition) is 7. The fourth-order valence-corrected chi connectivity index (χ4v) is 4.75. The first-order valence-corrected chi connectivity index (χ1v) is 12.8. The van der Waals surface area contributed by atoms with Crippen LogP contribution >= 0.6 is 0 Å². The van der Waals surface area contributed by atoms with Gasteiger partial charge in [-0.3, -0.25) is 14.1 Å². The molecule has 0 atom stereocenters. The largest absolute Gasteiger partial charge is 0.494 e. The van der Waals surface area contributed by atoms with Gasteiger partial charge < -0.3 is 20.3 Å². The van der Waals surface area contributed by atoms with E-state index in [1.807, 2.05) is 26.1 Å². The van der Waals surface area contributed by atoms with Gasteiger partial charge in [0, 0.05) is 75.5 Å². The molecule has 1 fully saturated rings. The number of anilines is 2. The second-order valence-electron chi connectivity index (χ2n) is 9.53. The van der Waals surface area contributed by atoms with Gasteiger partial charge in [-0.15, -0.1) is 0 Å². The monoisotopic (exact) mass is 535 g/mol. The highest BCUT2D eigenvalue weighted by Crippen LogP contribution is 2.31. The first-order valence-electron chi connectivity index (χ1n) is 12.8. The molecule has 0 unspecified atom stereocenters. The van der Waals surface area contributed by atoms with Crippen LogP contribution in [0.5, 0.6) is 5.75 Å². The molecular formula is C28H31F2N7O2. The van der Waals surface area contributed by atoms with E-state index >= 15 is 0 Å². The van der Waals surface area contributed by atoms with E-state index < -0.39 is 11.6 Å². The highest BCUT2D eigenvalue weighted by molar-refractivity contribution is 5.96. The lowest BCUT2D eigenvalue weighted by Gasteiger charge is -2.29. The number of hydrogen-bond donors (Lipinski definition) is 2. The van der Waals surface area contributed by atoms with Gasteiger partial charge in [-0.1, -0.05) is 0 Å². The van der Waals surface area contributed by atoms with Crippen molar-refractivity contribution in [1.29, 1.82) is 0 Å². The van der Waals surface area contributed by atoms with Crippen LogP contribution in [0.1, 0.15) is 15.9 Å². The Hall–Kier alpha value is -4.09. The number of benzene rings is 2. The average Bonchev–Trinajstić information content (AvgIpc) is 3.38. The molecule has 9 nitrogen and oxygen atoms in total. The van der Waals surface area contributed by atoms with Crippen LogP contribution in [0.3, 0.4) is 0 Å². The van der Waals surface area contributed by atoms with Crippen molar-refractivity contribution in [3.8, 4) is 17.0 Å². The third-order valence-corrected chi connectivity index (χ3v) is 7.00. The molecule has 3 heterocycles. The predicted octanol–water partition coefficient (Wildman–Crippen LogP) is 3.71. The number of aryl methyl sites for hydroxylation is 1. The number of piperazine rings is 1. The normalized spacial score (nSPS) is 14.0. The van der Waals surface area contributed by atoms with Crippen LogP contribution in [0.25, 0.3) is 16.9 Å². The van der Waals surface area contributed by atoms with Crippen molar-refractivity contribution in [3.63, 3.8) is 0 Å². The van der Waals surface area contributed by atoms with E-state index in [2.05, 4.69) is 25.5 Å². The maximum atomic E-state index is 14.8. The maximum absolute atomic E-state index is 14.8. The van der Waals surface area contributed by atoms with E-state index in [4.69, 9.17) is 4.74 Å². The number of rotatable bonds is 8. The number of carbonyl (C=O) groups excluding carboxylic acids is 1. The summed E-state index contributed by atoms with van der Waals surface area (Å²) in [4.78, 5) is 26.0. The van der Waals surface area contributed by atoms with Crippen LogP contribution in [0.15, 0.2) is 48.9 Å². The lowest BCUT2D eigenvalue weighted by molar-refractivity contribution is 0.0774. The average molecular weight is 536 g/mol. The van der Waals surface area contributed by atoms with Gasteiger partial charge in [-0.25, -0.2) is 14.4 Å². The molecule has 4 aromatic rings. The summed E-state index contributed by atoms with van der Waals surface area (Å²) in [5.41, 5.74) is 3.04. The smallest absolute Gasteiger partial charge is 0.253 e. The Morgan fingerprint density at radius 2 is 1.95 bits per heavy atom. The summed E-state index contributed by atoms with van der Waals surface area (Å²) >= 11 is 0. The van der Waals surface area contributed by atoms with Gasteiger partial charge in [0.2, 0.25) is 5.82 Å². The van der Waals surface area contributed by atoms with Crippen molar-refractivity contribution < 1.29 is 18.3 Å². The maximum Gasteiger partial charge on any atom is 0.253 e. The van der Waals surface area contributed by atoms with Crippen LogP contribution in [0.2, 0.25) is 0 Å². The third kappa shape index (κ3) is 5.41. The Bertz CT molecular complexity index is 1500. The molecule has 0 spiro atoms. The number of fused-ring (bicyclic) bond motifs is 1. The molecule has 2 aromatic heterocycles. The van der Waals surface area contributed by atoms with Gasteiger partial charge >= 0.3 is 0 Å². The molecule has 2 N–H and O–H groups in total. The SMILES string of the molecule is COc1ccc(-c2cnc3c(Nc4ccc(C(=O)N(C)CCN5CCNCC5)c(C)c4)nccn23)c(F)c1F. The number of ether oxygens (including phenoxy) is 1. The Morgan fingerprint density at radius 3 is 2.69 bits per heavy atom. The van der Waals surface area contributed by atoms with Gasteiger partial charge in [-0.2, -0.15) is 4.39 Å². The van der Waals surface area contributed by atoms with Crippen molar-refractivity contribution in [2.45, 2.75) is 6.92 Å².